The number of carbonyl (C=O) groups is 4. The molecule has 1 aliphatic rings. The van der Waals surface area contributed by atoms with Crippen LogP contribution >= 0.6 is 0 Å². The molecule has 1 aromatic carbocycles. The van der Waals surface area contributed by atoms with Gasteiger partial charge in [0, 0.05) is 44.2 Å². The van der Waals surface area contributed by atoms with Gasteiger partial charge in [-0.3, -0.25) is 14.4 Å². The summed E-state index contributed by atoms with van der Waals surface area (Å²) in [6, 6.07) is 9.36. The van der Waals surface area contributed by atoms with Crippen LogP contribution in [0.1, 0.15) is 44.1 Å². The molecule has 0 bridgehead atoms. The molecule has 0 radical (unpaired) electrons. The first kappa shape index (κ1) is 28.4. The minimum absolute atomic E-state index is 0.0187. The molecule has 1 saturated heterocycles. The van der Waals surface area contributed by atoms with Gasteiger partial charge in [0.2, 0.25) is 11.8 Å². The van der Waals surface area contributed by atoms with E-state index in [4.69, 9.17) is 9.47 Å². The monoisotopic (exact) mass is 527 g/mol. The normalized spacial score (nSPS) is 14.1. The molecule has 0 aliphatic carbocycles. The van der Waals surface area contributed by atoms with E-state index in [1.165, 1.54) is 15.9 Å². The largest absolute Gasteiger partial charge is 0.481 e. The molecule has 0 unspecified atom stereocenters. The highest BCUT2D eigenvalue weighted by atomic mass is 16.6. The number of benzene rings is 1. The van der Waals surface area contributed by atoms with Gasteiger partial charge in [0.05, 0.1) is 12.7 Å². The molecule has 38 heavy (non-hydrogen) atoms. The van der Waals surface area contributed by atoms with E-state index in [-0.39, 0.29) is 69.1 Å². The number of aromatic nitrogens is 2. The maximum atomic E-state index is 13.3. The number of ether oxygens (including phenoxy) is 2. The molecule has 2 N–H and O–H groups in total. The van der Waals surface area contributed by atoms with Gasteiger partial charge in [-0.15, -0.1) is 0 Å². The quantitative estimate of drug-likeness (QED) is 0.474. The molecular weight excluding hydrogens is 494 g/mol. The van der Waals surface area contributed by atoms with Crippen LogP contribution in [0.3, 0.4) is 0 Å². The van der Waals surface area contributed by atoms with Crippen molar-refractivity contribution in [2.24, 2.45) is 0 Å². The van der Waals surface area contributed by atoms with Crippen LogP contribution in [-0.2, 0) is 14.3 Å². The summed E-state index contributed by atoms with van der Waals surface area (Å²) in [7, 11) is 0. The molecule has 1 fully saturated rings. The molecule has 1 aromatic heterocycles. The van der Waals surface area contributed by atoms with Gasteiger partial charge in [0.15, 0.2) is 5.82 Å². The predicted octanol–water partition coefficient (Wildman–Crippen LogP) is 2.19. The van der Waals surface area contributed by atoms with Gasteiger partial charge < -0.3 is 29.7 Å². The van der Waals surface area contributed by atoms with Gasteiger partial charge in [0.1, 0.15) is 11.7 Å². The van der Waals surface area contributed by atoms with Gasteiger partial charge in [-0.25, -0.2) is 9.78 Å². The second kappa shape index (κ2) is 13.4. The van der Waals surface area contributed by atoms with E-state index in [0.717, 1.165) is 0 Å². The molecule has 1 aliphatic heterocycles. The zero-order valence-corrected chi connectivity index (χ0v) is 21.8. The lowest BCUT2D eigenvalue weighted by Gasteiger charge is -2.35. The van der Waals surface area contributed by atoms with Crippen LogP contribution in [0.15, 0.2) is 36.4 Å². The van der Waals surface area contributed by atoms with Crippen molar-refractivity contribution in [2.75, 3.05) is 32.8 Å². The summed E-state index contributed by atoms with van der Waals surface area (Å²) in [5, 5.41) is 11.9. The highest BCUT2D eigenvalue weighted by molar-refractivity contribution is 5.96. The van der Waals surface area contributed by atoms with E-state index in [1.54, 1.807) is 19.1 Å². The maximum absolute atomic E-state index is 13.3. The van der Waals surface area contributed by atoms with Gasteiger partial charge in [-0.1, -0.05) is 30.3 Å². The van der Waals surface area contributed by atoms with E-state index in [0.29, 0.717) is 5.56 Å². The van der Waals surface area contributed by atoms with Crippen molar-refractivity contribution in [1.82, 2.24) is 25.1 Å². The van der Waals surface area contributed by atoms with Crippen molar-refractivity contribution in [3.8, 4) is 17.3 Å². The fourth-order valence-electron chi connectivity index (χ4n) is 3.86. The Balaban J connectivity index is 1.79. The number of piperazine rings is 1. The maximum Gasteiger partial charge on any atom is 0.409 e. The summed E-state index contributed by atoms with van der Waals surface area (Å²) in [4.78, 5) is 61.6. The minimum Gasteiger partial charge on any atom is -0.481 e. The van der Waals surface area contributed by atoms with Crippen LogP contribution < -0.4 is 10.1 Å². The fourth-order valence-corrected chi connectivity index (χ4v) is 3.86. The molecule has 204 valence electrons. The van der Waals surface area contributed by atoms with Crippen molar-refractivity contribution < 1.29 is 33.8 Å². The number of nitrogens with zero attached hydrogens (tertiary/aromatic N) is 4. The third kappa shape index (κ3) is 7.89. The van der Waals surface area contributed by atoms with Crippen LogP contribution in [0.4, 0.5) is 4.79 Å². The average Bonchev–Trinajstić information content (AvgIpc) is 2.90. The number of amides is 3. The Hall–Kier alpha value is -4.22. The molecule has 12 heteroatoms. The number of hydrogen-bond acceptors (Lipinski definition) is 8. The topological polar surface area (TPSA) is 151 Å². The van der Waals surface area contributed by atoms with Crippen molar-refractivity contribution in [1.29, 1.82) is 0 Å². The average molecular weight is 528 g/mol. The van der Waals surface area contributed by atoms with E-state index >= 15 is 0 Å². The minimum atomic E-state index is -1.10. The lowest BCUT2D eigenvalue weighted by Crippen LogP contribution is -2.56. The second-order valence-corrected chi connectivity index (χ2v) is 8.92. The Morgan fingerprint density at radius 3 is 2.29 bits per heavy atom. The zero-order valence-electron chi connectivity index (χ0n) is 21.8. The number of carbonyl (C=O) groups excluding carboxylic acids is 3. The van der Waals surface area contributed by atoms with Crippen LogP contribution in [0, 0.1) is 0 Å². The first-order chi connectivity index (χ1) is 18.2. The standard InChI is InChI=1S/C26H33N5O7/c1-4-37-26(36)31-14-12-30(13-15-31)25(35)19(10-11-22(32)33)28-24(34)20-16-21(38-17(2)3)29-23(27-20)18-8-6-5-7-9-18/h5-9,16-17,19H,4,10-15H2,1-3H3,(H,28,34)(H,32,33)/t19-/m0/s1. The number of rotatable bonds is 10. The molecule has 3 amide bonds. The molecule has 2 heterocycles. The Bertz CT molecular complexity index is 1130. The molecule has 0 saturated carbocycles. The number of carboxylic acid groups (broad SMARTS) is 1. The summed E-state index contributed by atoms with van der Waals surface area (Å²) in [5.41, 5.74) is 0.656. The zero-order chi connectivity index (χ0) is 27.7. The summed E-state index contributed by atoms with van der Waals surface area (Å²) >= 11 is 0. The summed E-state index contributed by atoms with van der Waals surface area (Å²) in [5.74, 6) is -1.71. The summed E-state index contributed by atoms with van der Waals surface area (Å²) in [6.45, 7) is 6.62. The van der Waals surface area contributed by atoms with Gasteiger partial charge in [-0.05, 0) is 27.2 Å². The van der Waals surface area contributed by atoms with Crippen LogP contribution in [0.2, 0.25) is 0 Å². The lowest BCUT2D eigenvalue weighted by atomic mass is 10.1. The van der Waals surface area contributed by atoms with E-state index in [1.807, 2.05) is 32.0 Å². The molecule has 2 aromatic rings. The highest BCUT2D eigenvalue weighted by Gasteiger charge is 2.31. The SMILES string of the molecule is CCOC(=O)N1CCN(C(=O)[C@H](CCC(=O)O)NC(=O)c2cc(OC(C)C)nc(-c3ccccc3)n2)CC1. The third-order valence-corrected chi connectivity index (χ3v) is 5.69. The molecule has 1 atom stereocenters. The van der Waals surface area contributed by atoms with E-state index < -0.39 is 29.9 Å². The molecule has 12 nitrogen and oxygen atoms in total. The van der Waals surface area contributed by atoms with E-state index in [2.05, 4.69) is 15.3 Å². The van der Waals surface area contributed by atoms with Gasteiger partial charge >= 0.3 is 12.1 Å². The predicted molar refractivity (Wildman–Crippen MR) is 137 cm³/mol. The number of nitrogens with one attached hydrogen (secondary N) is 1. The van der Waals surface area contributed by atoms with Crippen molar-refractivity contribution in [3.63, 3.8) is 0 Å². The van der Waals surface area contributed by atoms with Crippen molar-refractivity contribution >= 4 is 23.9 Å². The van der Waals surface area contributed by atoms with Gasteiger partial charge in [-0.2, -0.15) is 4.98 Å². The third-order valence-electron chi connectivity index (χ3n) is 5.69. The Morgan fingerprint density at radius 2 is 1.68 bits per heavy atom. The van der Waals surface area contributed by atoms with Crippen LogP contribution in [0.5, 0.6) is 5.88 Å². The Kier molecular flexibility index (Phi) is 9.97. The highest BCUT2D eigenvalue weighted by Crippen LogP contribution is 2.20. The van der Waals surface area contributed by atoms with Gasteiger partial charge in [0.25, 0.3) is 5.91 Å². The molecule has 3 rings (SSSR count). The van der Waals surface area contributed by atoms with Crippen molar-refractivity contribution in [3.05, 3.63) is 42.1 Å². The summed E-state index contributed by atoms with van der Waals surface area (Å²) in [6.07, 6.45) is -1.08. The van der Waals surface area contributed by atoms with Crippen molar-refractivity contribution in [2.45, 2.75) is 45.8 Å². The molecular formula is C26H33N5O7. The Labute approximate surface area is 220 Å². The first-order valence-electron chi connectivity index (χ1n) is 12.5. The smallest absolute Gasteiger partial charge is 0.409 e. The second-order valence-electron chi connectivity index (χ2n) is 8.92. The molecule has 0 spiro atoms. The van der Waals surface area contributed by atoms with Crippen LogP contribution in [-0.4, -0.2) is 93.7 Å². The number of aliphatic carboxylic acids is 1. The van der Waals surface area contributed by atoms with E-state index in [9.17, 15) is 24.3 Å². The summed E-state index contributed by atoms with van der Waals surface area (Å²) < 4.78 is 10.7. The lowest BCUT2D eigenvalue weighted by molar-refractivity contribution is -0.138. The Morgan fingerprint density at radius 1 is 1.03 bits per heavy atom. The van der Waals surface area contributed by atoms with Crippen LogP contribution in [0.25, 0.3) is 11.4 Å². The fraction of sp³-hybridized carbons (Fsp3) is 0.462. The number of hydrogen-bond donors (Lipinski definition) is 2. The number of carboxylic acids is 1. The first-order valence-corrected chi connectivity index (χ1v) is 12.5.